The molecule has 0 fully saturated rings. The maximum atomic E-state index is 8.91. The molecule has 0 spiro atoms. The van der Waals surface area contributed by atoms with Crippen LogP contribution in [0.25, 0.3) is 22.4 Å². The lowest BCUT2D eigenvalue weighted by atomic mass is 10.1. The third-order valence-corrected chi connectivity index (χ3v) is 3.84. The predicted octanol–water partition coefficient (Wildman–Crippen LogP) is 4.23. The van der Waals surface area contributed by atoms with Gasteiger partial charge in [-0.25, -0.2) is 4.98 Å². The van der Waals surface area contributed by atoms with Crippen molar-refractivity contribution in [2.45, 2.75) is 26.8 Å². The first kappa shape index (κ1) is 13.4. The summed E-state index contributed by atoms with van der Waals surface area (Å²) in [5.41, 5.74) is 5.68. The van der Waals surface area contributed by atoms with Crippen LogP contribution >= 0.6 is 0 Å². The van der Waals surface area contributed by atoms with Crippen molar-refractivity contribution in [2.75, 3.05) is 0 Å². The third-order valence-electron chi connectivity index (χ3n) is 3.84. The van der Waals surface area contributed by atoms with Crippen LogP contribution in [-0.2, 0) is 6.54 Å². The molecule has 0 aliphatic carbocycles. The minimum atomic E-state index is 0.484. The number of imidazole rings is 1. The van der Waals surface area contributed by atoms with Gasteiger partial charge in [-0.2, -0.15) is 5.26 Å². The molecule has 0 radical (unpaired) electrons. The Labute approximate surface area is 124 Å². The lowest BCUT2D eigenvalue weighted by molar-refractivity contribution is 0.744. The second-order valence-corrected chi connectivity index (χ2v) is 5.29. The van der Waals surface area contributed by atoms with E-state index in [4.69, 9.17) is 10.2 Å². The van der Waals surface area contributed by atoms with Crippen LogP contribution < -0.4 is 0 Å². The summed E-state index contributed by atoms with van der Waals surface area (Å²) >= 11 is 0. The minimum Gasteiger partial charge on any atom is -0.323 e. The van der Waals surface area contributed by atoms with Gasteiger partial charge in [-0.3, -0.25) is 0 Å². The number of rotatable bonds is 3. The summed E-state index contributed by atoms with van der Waals surface area (Å²) in [6, 6.07) is 16.7. The number of hydrogen-bond donors (Lipinski definition) is 0. The lowest BCUT2D eigenvalue weighted by Gasteiger charge is -2.08. The van der Waals surface area contributed by atoms with Gasteiger partial charge in [0.25, 0.3) is 0 Å². The number of aromatic nitrogens is 2. The van der Waals surface area contributed by atoms with Crippen molar-refractivity contribution in [3.05, 3.63) is 53.6 Å². The Morgan fingerprint density at radius 2 is 1.81 bits per heavy atom. The van der Waals surface area contributed by atoms with E-state index in [-0.39, 0.29) is 0 Å². The van der Waals surface area contributed by atoms with Gasteiger partial charge in [0.1, 0.15) is 5.82 Å². The Balaban J connectivity index is 2.25. The monoisotopic (exact) mass is 275 g/mol. The maximum absolute atomic E-state index is 8.91. The average Bonchev–Trinajstić information content (AvgIpc) is 2.84. The van der Waals surface area contributed by atoms with Gasteiger partial charge in [0.15, 0.2) is 0 Å². The first-order valence-corrected chi connectivity index (χ1v) is 7.10. The molecule has 1 aromatic heterocycles. The fourth-order valence-electron chi connectivity index (χ4n) is 2.58. The molecule has 3 aromatic rings. The molecule has 0 aliphatic rings. The highest BCUT2D eigenvalue weighted by molar-refractivity contribution is 5.82. The third kappa shape index (κ3) is 2.41. The fraction of sp³-hybridized carbons (Fsp3) is 0.222. The molecular weight excluding hydrogens is 258 g/mol. The van der Waals surface area contributed by atoms with Gasteiger partial charge in [-0.15, -0.1) is 0 Å². The zero-order valence-electron chi connectivity index (χ0n) is 12.3. The van der Waals surface area contributed by atoms with Crippen LogP contribution in [0.4, 0.5) is 0 Å². The van der Waals surface area contributed by atoms with Gasteiger partial charge < -0.3 is 4.57 Å². The number of fused-ring (bicyclic) bond motifs is 1. The van der Waals surface area contributed by atoms with Crippen molar-refractivity contribution < 1.29 is 0 Å². The SMILES string of the molecule is Cc1cc2nc(-c3ccccc3)n(CCC#N)c2cc1C. The molecule has 3 heteroatoms. The van der Waals surface area contributed by atoms with Crippen LogP contribution in [0.2, 0.25) is 0 Å². The Morgan fingerprint density at radius 1 is 1.10 bits per heavy atom. The van der Waals surface area contributed by atoms with E-state index in [1.807, 2.05) is 18.2 Å². The molecule has 0 atom stereocenters. The molecule has 0 amide bonds. The summed E-state index contributed by atoms with van der Waals surface area (Å²) in [4.78, 5) is 4.79. The molecular formula is C18H17N3. The van der Waals surface area contributed by atoms with Gasteiger partial charge in [0, 0.05) is 12.1 Å². The van der Waals surface area contributed by atoms with Crippen molar-refractivity contribution in [3.63, 3.8) is 0 Å². The van der Waals surface area contributed by atoms with E-state index in [1.54, 1.807) is 0 Å². The maximum Gasteiger partial charge on any atom is 0.141 e. The second-order valence-electron chi connectivity index (χ2n) is 5.29. The van der Waals surface area contributed by atoms with Gasteiger partial charge in [-0.1, -0.05) is 30.3 Å². The van der Waals surface area contributed by atoms with E-state index in [1.165, 1.54) is 11.1 Å². The normalized spacial score (nSPS) is 10.7. The standard InChI is InChI=1S/C18H17N3/c1-13-11-16-17(12-14(13)2)21(10-6-9-19)18(20-16)15-7-4-3-5-8-15/h3-5,7-8,11-12H,6,10H2,1-2H3. The molecule has 0 saturated carbocycles. The van der Waals surface area contributed by atoms with Crippen LogP contribution in [0.3, 0.4) is 0 Å². The van der Waals surface area contributed by atoms with Crippen LogP contribution in [0, 0.1) is 25.2 Å². The average molecular weight is 275 g/mol. The molecule has 3 nitrogen and oxygen atoms in total. The van der Waals surface area contributed by atoms with Gasteiger partial charge >= 0.3 is 0 Å². The van der Waals surface area contributed by atoms with E-state index < -0.39 is 0 Å². The smallest absolute Gasteiger partial charge is 0.141 e. The van der Waals surface area contributed by atoms with E-state index in [9.17, 15) is 0 Å². The predicted molar refractivity (Wildman–Crippen MR) is 84.9 cm³/mol. The highest BCUT2D eigenvalue weighted by atomic mass is 15.1. The van der Waals surface area contributed by atoms with Crippen LogP contribution in [0.15, 0.2) is 42.5 Å². The van der Waals surface area contributed by atoms with Gasteiger partial charge in [0.05, 0.1) is 23.5 Å². The summed E-state index contributed by atoms with van der Waals surface area (Å²) in [6.45, 7) is 4.88. The molecule has 2 aromatic carbocycles. The van der Waals surface area contributed by atoms with Gasteiger partial charge in [-0.05, 0) is 37.1 Å². The fourth-order valence-corrected chi connectivity index (χ4v) is 2.58. The number of nitrogens with zero attached hydrogens (tertiary/aromatic N) is 3. The molecule has 0 unspecified atom stereocenters. The largest absolute Gasteiger partial charge is 0.323 e. The minimum absolute atomic E-state index is 0.484. The molecule has 104 valence electrons. The lowest BCUT2D eigenvalue weighted by Crippen LogP contribution is -2.00. The Kier molecular flexibility index (Phi) is 3.45. The summed E-state index contributed by atoms with van der Waals surface area (Å²) < 4.78 is 2.15. The molecule has 0 N–H and O–H groups in total. The van der Waals surface area contributed by atoms with Crippen molar-refractivity contribution in [2.24, 2.45) is 0 Å². The van der Waals surface area contributed by atoms with E-state index in [0.29, 0.717) is 13.0 Å². The number of benzene rings is 2. The zero-order chi connectivity index (χ0) is 14.8. The molecule has 21 heavy (non-hydrogen) atoms. The number of aryl methyl sites for hydroxylation is 3. The Morgan fingerprint density at radius 3 is 2.52 bits per heavy atom. The Hall–Kier alpha value is -2.60. The number of nitriles is 1. The summed E-state index contributed by atoms with van der Waals surface area (Å²) in [5.74, 6) is 0.936. The second kappa shape index (κ2) is 5.41. The summed E-state index contributed by atoms with van der Waals surface area (Å²) in [7, 11) is 0. The molecule has 3 rings (SSSR count). The Bertz CT molecular complexity index is 823. The molecule has 0 saturated heterocycles. The highest BCUT2D eigenvalue weighted by Crippen LogP contribution is 2.27. The van der Waals surface area contributed by atoms with Crippen molar-refractivity contribution in [1.82, 2.24) is 9.55 Å². The molecule has 1 heterocycles. The van der Waals surface area contributed by atoms with E-state index in [2.05, 4.69) is 48.7 Å². The molecule has 0 aliphatic heterocycles. The zero-order valence-corrected chi connectivity index (χ0v) is 12.3. The van der Waals surface area contributed by atoms with Crippen LogP contribution in [0.5, 0.6) is 0 Å². The quantitative estimate of drug-likeness (QED) is 0.717. The van der Waals surface area contributed by atoms with Gasteiger partial charge in [0.2, 0.25) is 0 Å². The molecule has 0 bridgehead atoms. The van der Waals surface area contributed by atoms with E-state index >= 15 is 0 Å². The first-order valence-electron chi connectivity index (χ1n) is 7.10. The van der Waals surface area contributed by atoms with Crippen molar-refractivity contribution in [3.8, 4) is 17.5 Å². The topological polar surface area (TPSA) is 41.6 Å². The number of hydrogen-bond acceptors (Lipinski definition) is 2. The van der Waals surface area contributed by atoms with Crippen molar-refractivity contribution in [1.29, 1.82) is 5.26 Å². The van der Waals surface area contributed by atoms with Crippen LogP contribution in [0.1, 0.15) is 17.5 Å². The van der Waals surface area contributed by atoms with Crippen molar-refractivity contribution >= 4 is 11.0 Å². The van der Waals surface area contributed by atoms with Crippen LogP contribution in [-0.4, -0.2) is 9.55 Å². The summed E-state index contributed by atoms with van der Waals surface area (Å²) in [6.07, 6.45) is 0.484. The summed E-state index contributed by atoms with van der Waals surface area (Å²) in [5, 5.41) is 8.91. The highest BCUT2D eigenvalue weighted by Gasteiger charge is 2.13. The van der Waals surface area contributed by atoms with E-state index in [0.717, 1.165) is 22.4 Å². The first-order chi connectivity index (χ1) is 10.2.